The molecule has 0 radical (unpaired) electrons. The minimum Gasteiger partial charge on any atom is -0.368 e. The van der Waals surface area contributed by atoms with Gasteiger partial charge in [0.05, 0.1) is 0 Å². The highest BCUT2D eigenvalue weighted by molar-refractivity contribution is 5.85. The van der Waals surface area contributed by atoms with E-state index in [1.165, 1.54) is 0 Å². The lowest BCUT2D eigenvalue weighted by Crippen LogP contribution is -2.64. The molecule has 0 saturated carbocycles. The Labute approximate surface area is 72.9 Å². The molecule has 2 atom stereocenters. The van der Waals surface area contributed by atoms with Gasteiger partial charge in [0.25, 0.3) is 0 Å². The standard InChI is InChI=1S/C8H17N3O/c1-6-5-11-4-3-8(6,10-2)7(9)12/h6,10-11H,3-5H2,1-2H3,(H2,9,12). The van der Waals surface area contributed by atoms with Gasteiger partial charge in [0, 0.05) is 0 Å². The maximum Gasteiger partial charge on any atom is 0.238 e. The van der Waals surface area contributed by atoms with Crippen LogP contribution in [0.2, 0.25) is 0 Å². The van der Waals surface area contributed by atoms with Crippen LogP contribution >= 0.6 is 0 Å². The molecule has 4 heteroatoms. The van der Waals surface area contributed by atoms with Crippen LogP contribution in [-0.2, 0) is 4.79 Å². The number of carbonyl (C=O) groups is 1. The number of rotatable bonds is 2. The van der Waals surface area contributed by atoms with E-state index in [-0.39, 0.29) is 11.8 Å². The van der Waals surface area contributed by atoms with E-state index in [1.807, 2.05) is 6.92 Å². The third-order valence-electron chi connectivity index (χ3n) is 2.87. The van der Waals surface area contributed by atoms with Gasteiger partial charge in [-0.25, -0.2) is 0 Å². The van der Waals surface area contributed by atoms with E-state index in [1.54, 1.807) is 7.05 Å². The number of nitrogens with two attached hydrogens (primary N) is 1. The number of piperidine rings is 1. The highest BCUT2D eigenvalue weighted by atomic mass is 16.1. The minimum atomic E-state index is -0.495. The largest absolute Gasteiger partial charge is 0.368 e. The van der Waals surface area contributed by atoms with Crippen LogP contribution in [0.3, 0.4) is 0 Å². The van der Waals surface area contributed by atoms with Crippen molar-refractivity contribution in [3.05, 3.63) is 0 Å². The topological polar surface area (TPSA) is 67.1 Å². The van der Waals surface area contributed by atoms with Crippen molar-refractivity contribution in [1.29, 1.82) is 0 Å². The molecule has 1 aliphatic rings. The normalized spacial score (nSPS) is 36.3. The van der Waals surface area contributed by atoms with E-state index in [2.05, 4.69) is 10.6 Å². The number of carbonyl (C=O) groups excluding carboxylic acids is 1. The van der Waals surface area contributed by atoms with Crippen molar-refractivity contribution in [3.8, 4) is 0 Å². The average molecular weight is 171 g/mol. The number of amides is 1. The Morgan fingerprint density at radius 2 is 2.42 bits per heavy atom. The van der Waals surface area contributed by atoms with Crippen LogP contribution in [0.25, 0.3) is 0 Å². The Bertz CT molecular complexity index is 183. The van der Waals surface area contributed by atoms with Gasteiger partial charge in [-0.15, -0.1) is 0 Å². The SMILES string of the molecule is CNC1(C(N)=O)CCNCC1C. The molecular weight excluding hydrogens is 154 g/mol. The molecular formula is C8H17N3O. The average Bonchev–Trinajstić information content (AvgIpc) is 2.05. The number of nitrogens with one attached hydrogen (secondary N) is 2. The van der Waals surface area contributed by atoms with Crippen molar-refractivity contribution in [2.24, 2.45) is 11.7 Å². The molecule has 70 valence electrons. The van der Waals surface area contributed by atoms with Gasteiger partial charge in [0.2, 0.25) is 5.91 Å². The van der Waals surface area contributed by atoms with Crippen LogP contribution in [-0.4, -0.2) is 31.6 Å². The van der Waals surface area contributed by atoms with E-state index in [9.17, 15) is 4.79 Å². The van der Waals surface area contributed by atoms with Crippen LogP contribution < -0.4 is 16.4 Å². The zero-order valence-corrected chi connectivity index (χ0v) is 7.68. The first kappa shape index (κ1) is 9.48. The maximum absolute atomic E-state index is 11.2. The molecule has 0 aromatic heterocycles. The summed E-state index contributed by atoms with van der Waals surface area (Å²) in [4.78, 5) is 11.2. The molecule has 4 nitrogen and oxygen atoms in total. The number of hydrogen-bond acceptors (Lipinski definition) is 3. The molecule has 0 aromatic rings. The van der Waals surface area contributed by atoms with Gasteiger partial charge >= 0.3 is 0 Å². The van der Waals surface area contributed by atoms with E-state index in [0.29, 0.717) is 0 Å². The van der Waals surface area contributed by atoms with Gasteiger partial charge in [-0.3, -0.25) is 4.79 Å². The Kier molecular flexibility index (Phi) is 2.69. The first-order valence-electron chi connectivity index (χ1n) is 4.33. The zero-order chi connectivity index (χ0) is 9.19. The Hall–Kier alpha value is -0.610. The summed E-state index contributed by atoms with van der Waals surface area (Å²) >= 11 is 0. The van der Waals surface area contributed by atoms with Crippen molar-refractivity contribution >= 4 is 5.91 Å². The fourth-order valence-electron chi connectivity index (χ4n) is 1.89. The summed E-state index contributed by atoms with van der Waals surface area (Å²) in [5.74, 6) is 0.0211. The molecule has 1 aliphatic heterocycles. The lowest BCUT2D eigenvalue weighted by Gasteiger charge is -2.40. The molecule has 12 heavy (non-hydrogen) atoms. The number of likely N-dealkylation sites (N-methyl/N-ethyl adjacent to an activating group) is 1. The van der Waals surface area contributed by atoms with Crippen molar-refractivity contribution in [3.63, 3.8) is 0 Å². The van der Waals surface area contributed by atoms with Crippen LogP contribution in [0.1, 0.15) is 13.3 Å². The van der Waals surface area contributed by atoms with E-state index in [4.69, 9.17) is 5.73 Å². The van der Waals surface area contributed by atoms with Crippen LogP contribution in [0.15, 0.2) is 0 Å². The summed E-state index contributed by atoms with van der Waals surface area (Å²) in [6, 6.07) is 0. The Balaban J connectivity index is 2.81. The summed E-state index contributed by atoms with van der Waals surface area (Å²) in [6.07, 6.45) is 0.778. The van der Waals surface area contributed by atoms with Crippen molar-refractivity contribution in [1.82, 2.24) is 10.6 Å². The summed E-state index contributed by atoms with van der Waals surface area (Å²) in [6.45, 7) is 3.74. The number of primary amides is 1. The van der Waals surface area contributed by atoms with Gasteiger partial charge in [0.15, 0.2) is 0 Å². The minimum absolute atomic E-state index is 0.237. The smallest absolute Gasteiger partial charge is 0.238 e. The molecule has 0 spiro atoms. The van der Waals surface area contributed by atoms with Crippen molar-refractivity contribution < 1.29 is 4.79 Å². The number of hydrogen-bond donors (Lipinski definition) is 3. The van der Waals surface area contributed by atoms with Gasteiger partial charge < -0.3 is 16.4 Å². The quantitative estimate of drug-likeness (QED) is 0.502. The first-order valence-corrected chi connectivity index (χ1v) is 4.33. The van der Waals surface area contributed by atoms with Crippen LogP contribution in [0, 0.1) is 5.92 Å². The monoisotopic (exact) mass is 171 g/mol. The zero-order valence-electron chi connectivity index (χ0n) is 7.68. The molecule has 1 rings (SSSR count). The second-order valence-electron chi connectivity index (χ2n) is 3.44. The third kappa shape index (κ3) is 1.32. The van der Waals surface area contributed by atoms with Crippen LogP contribution in [0.5, 0.6) is 0 Å². The molecule has 0 bridgehead atoms. The predicted octanol–water partition coefficient (Wildman–Crippen LogP) is -0.941. The second-order valence-corrected chi connectivity index (χ2v) is 3.44. The summed E-state index contributed by atoms with van der Waals surface area (Å²) in [5.41, 5.74) is 4.88. The van der Waals surface area contributed by atoms with Gasteiger partial charge in [0.1, 0.15) is 5.54 Å². The van der Waals surface area contributed by atoms with Gasteiger partial charge in [-0.05, 0) is 32.5 Å². The highest BCUT2D eigenvalue weighted by Crippen LogP contribution is 2.23. The summed E-state index contributed by atoms with van der Waals surface area (Å²) in [7, 11) is 1.80. The molecule has 1 amide bonds. The first-order chi connectivity index (χ1) is 5.63. The lowest BCUT2D eigenvalue weighted by atomic mass is 9.79. The van der Waals surface area contributed by atoms with Crippen LogP contribution in [0.4, 0.5) is 0 Å². The second kappa shape index (κ2) is 3.41. The molecule has 1 saturated heterocycles. The molecule has 0 aliphatic carbocycles. The van der Waals surface area contributed by atoms with Crippen molar-refractivity contribution in [2.75, 3.05) is 20.1 Å². The lowest BCUT2D eigenvalue weighted by molar-refractivity contribution is -0.127. The van der Waals surface area contributed by atoms with E-state index in [0.717, 1.165) is 19.5 Å². The fourth-order valence-corrected chi connectivity index (χ4v) is 1.89. The fraction of sp³-hybridized carbons (Fsp3) is 0.875. The molecule has 0 aromatic carbocycles. The van der Waals surface area contributed by atoms with E-state index < -0.39 is 5.54 Å². The Morgan fingerprint density at radius 3 is 2.75 bits per heavy atom. The molecule has 2 unspecified atom stereocenters. The summed E-state index contributed by atoms with van der Waals surface area (Å²) < 4.78 is 0. The van der Waals surface area contributed by atoms with Gasteiger partial charge in [-0.1, -0.05) is 6.92 Å². The maximum atomic E-state index is 11.2. The Morgan fingerprint density at radius 1 is 1.75 bits per heavy atom. The highest BCUT2D eigenvalue weighted by Gasteiger charge is 2.41. The van der Waals surface area contributed by atoms with Gasteiger partial charge in [-0.2, -0.15) is 0 Å². The van der Waals surface area contributed by atoms with E-state index >= 15 is 0 Å². The predicted molar refractivity (Wildman–Crippen MR) is 47.6 cm³/mol. The molecule has 1 fully saturated rings. The van der Waals surface area contributed by atoms with Crippen molar-refractivity contribution in [2.45, 2.75) is 18.9 Å². The molecule has 4 N–H and O–H groups in total. The molecule has 1 heterocycles. The third-order valence-corrected chi connectivity index (χ3v) is 2.87. The summed E-state index contributed by atoms with van der Waals surface area (Å²) in [5, 5.41) is 6.28.